The first-order valence-corrected chi connectivity index (χ1v) is 11.5. The molecule has 32 heavy (non-hydrogen) atoms. The van der Waals surface area contributed by atoms with Gasteiger partial charge in [-0.3, -0.25) is 4.79 Å². The third-order valence-electron chi connectivity index (χ3n) is 6.52. The van der Waals surface area contributed by atoms with Gasteiger partial charge < -0.3 is 14.5 Å². The van der Waals surface area contributed by atoms with Gasteiger partial charge in [-0.2, -0.15) is 10.1 Å². The molecule has 3 aromatic rings. The van der Waals surface area contributed by atoms with Crippen LogP contribution in [0, 0.1) is 0 Å². The topological polar surface area (TPSA) is 97.3 Å². The molecule has 2 aromatic heterocycles. The first kappa shape index (κ1) is 20.9. The molecule has 1 amide bonds. The molecule has 1 fully saturated rings. The third kappa shape index (κ3) is 3.62. The van der Waals surface area contributed by atoms with Crippen LogP contribution in [-0.2, 0) is 18.4 Å². The molecule has 8 heteroatoms. The number of aromatic nitrogens is 4. The van der Waals surface area contributed by atoms with E-state index in [-0.39, 0.29) is 24.3 Å². The van der Waals surface area contributed by atoms with Gasteiger partial charge in [-0.1, -0.05) is 43.6 Å². The second kappa shape index (κ2) is 8.16. The number of hydrogen-bond donors (Lipinski definition) is 1. The molecule has 0 spiro atoms. The SMILES string of the molecule is CC(C)c1noc(C2(O)CCN(C(=O)c3nn(-c4ccccc4)c4c3CCCCC4)C2)n1. The van der Waals surface area contributed by atoms with Crippen molar-refractivity contribution in [1.29, 1.82) is 0 Å². The molecule has 168 valence electrons. The number of fused-ring (bicyclic) bond motifs is 1. The fourth-order valence-electron chi connectivity index (χ4n) is 4.68. The van der Waals surface area contributed by atoms with Gasteiger partial charge in [0.05, 0.1) is 12.2 Å². The molecule has 8 nitrogen and oxygen atoms in total. The van der Waals surface area contributed by atoms with Crippen LogP contribution < -0.4 is 0 Å². The number of benzene rings is 1. The molecule has 1 unspecified atom stereocenters. The summed E-state index contributed by atoms with van der Waals surface area (Å²) in [5.41, 5.74) is 2.32. The summed E-state index contributed by atoms with van der Waals surface area (Å²) in [6.45, 7) is 4.48. The lowest BCUT2D eigenvalue weighted by atomic mass is 10.0. The summed E-state index contributed by atoms with van der Waals surface area (Å²) in [5, 5.41) is 19.9. The summed E-state index contributed by atoms with van der Waals surface area (Å²) in [4.78, 5) is 19.6. The van der Waals surface area contributed by atoms with Gasteiger partial charge in [-0.15, -0.1) is 0 Å². The Morgan fingerprint density at radius 3 is 2.69 bits per heavy atom. The van der Waals surface area contributed by atoms with Gasteiger partial charge in [-0.05, 0) is 37.8 Å². The number of hydrogen-bond acceptors (Lipinski definition) is 6. The van der Waals surface area contributed by atoms with Crippen LogP contribution in [0.25, 0.3) is 5.69 Å². The Labute approximate surface area is 187 Å². The van der Waals surface area contributed by atoms with Crippen molar-refractivity contribution in [3.8, 4) is 5.69 Å². The number of aliphatic hydroxyl groups is 1. The highest BCUT2D eigenvalue weighted by Crippen LogP contribution is 2.34. The molecule has 1 aliphatic heterocycles. The number of likely N-dealkylation sites (tertiary alicyclic amines) is 1. The highest BCUT2D eigenvalue weighted by atomic mass is 16.5. The first-order chi connectivity index (χ1) is 15.5. The van der Waals surface area contributed by atoms with Gasteiger partial charge in [0, 0.05) is 30.1 Å². The van der Waals surface area contributed by atoms with Gasteiger partial charge in [-0.25, -0.2) is 4.68 Å². The van der Waals surface area contributed by atoms with E-state index in [0.29, 0.717) is 24.5 Å². The summed E-state index contributed by atoms with van der Waals surface area (Å²) in [7, 11) is 0. The number of rotatable bonds is 4. The maximum Gasteiger partial charge on any atom is 0.274 e. The summed E-state index contributed by atoms with van der Waals surface area (Å²) in [5.74, 6) is 0.709. The van der Waals surface area contributed by atoms with Gasteiger partial charge in [0.15, 0.2) is 17.1 Å². The van der Waals surface area contributed by atoms with Crippen molar-refractivity contribution in [2.24, 2.45) is 0 Å². The molecule has 1 aliphatic carbocycles. The smallest absolute Gasteiger partial charge is 0.274 e. The van der Waals surface area contributed by atoms with Crippen molar-refractivity contribution in [3.63, 3.8) is 0 Å². The number of carbonyl (C=O) groups excluding carboxylic acids is 1. The van der Waals surface area contributed by atoms with Gasteiger partial charge >= 0.3 is 0 Å². The highest BCUT2D eigenvalue weighted by molar-refractivity contribution is 5.94. The number of nitrogens with zero attached hydrogens (tertiary/aromatic N) is 5. The largest absolute Gasteiger partial charge is 0.378 e. The zero-order valence-electron chi connectivity index (χ0n) is 18.6. The predicted molar refractivity (Wildman–Crippen MR) is 118 cm³/mol. The Kier molecular flexibility index (Phi) is 5.33. The summed E-state index contributed by atoms with van der Waals surface area (Å²) in [6, 6.07) is 9.98. The van der Waals surface area contributed by atoms with Crippen molar-refractivity contribution in [3.05, 3.63) is 59.0 Å². The summed E-state index contributed by atoms with van der Waals surface area (Å²) < 4.78 is 7.28. The van der Waals surface area contributed by atoms with Crippen molar-refractivity contribution in [2.75, 3.05) is 13.1 Å². The fourth-order valence-corrected chi connectivity index (χ4v) is 4.68. The molecule has 5 rings (SSSR count). The molecule has 1 N–H and O–H groups in total. The number of amides is 1. The van der Waals surface area contributed by atoms with Gasteiger partial charge in [0.1, 0.15) is 0 Å². The Hall–Kier alpha value is -3.00. The third-order valence-corrected chi connectivity index (χ3v) is 6.52. The Bertz CT molecular complexity index is 1120. The standard InChI is InChI=1S/C24H29N5O3/c1-16(2)21-25-23(32-27-21)24(31)13-14-28(15-24)22(30)20-18-11-7-4-8-12-19(18)29(26-20)17-9-5-3-6-10-17/h3,5-6,9-10,16,31H,4,7-8,11-15H2,1-2H3. The van der Waals surface area contributed by atoms with Crippen molar-refractivity contribution >= 4 is 5.91 Å². The molecule has 1 saturated heterocycles. The normalized spacial score (nSPS) is 21.1. The van der Waals surface area contributed by atoms with E-state index in [2.05, 4.69) is 10.1 Å². The van der Waals surface area contributed by atoms with E-state index in [0.717, 1.165) is 49.0 Å². The van der Waals surface area contributed by atoms with Gasteiger partial charge in [0.2, 0.25) is 0 Å². The van der Waals surface area contributed by atoms with E-state index in [1.54, 1.807) is 4.90 Å². The molecule has 0 radical (unpaired) electrons. The van der Waals surface area contributed by atoms with E-state index in [4.69, 9.17) is 9.62 Å². The lowest BCUT2D eigenvalue weighted by Gasteiger charge is -2.19. The zero-order valence-corrected chi connectivity index (χ0v) is 18.6. The first-order valence-electron chi connectivity index (χ1n) is 11.5. The van der Waals surface area contributed by atoms with E-state index in [1.807, 2.05) is 48.9 Å². The van der Waals surface area contributed by atoms with Crippen LogP contribution in [0.2, 0.25) is 0 Å². The van der Waals surface area contributed by atoms with E-state index >= 15 is 0 Å². The average Bonchev–Trinajstić information content (AvgIpc) is 3.49. The van der Waals surface area contributed by atoms with Crippen molar-refractivity contribution < 1.29 is 14.4 Å². The summed E-state index contributed by atoms with van der Waals surface area (Å²) >= 11 is 0. The van der Waals surface area contributed by atoms with Gasteiger partial charge in [0.25, 0.3) is 11.8 Å². The molecule has 3 heterocycles. The molecular formula is C24H29N5O3. The second-order valence-electron chi connectivity index (χ2n) is 9.20. The molecule has 1 aromatic carbocycles. The Morgan fingerprint density at radius 2 is 1.94 bits per heavy atom. The molecule has 0 bridgehead atoms. The monoisotopic (exact) mass is 435 g/mol. The molecule has 1 atom stereocenters. The minimum Gasteiger partial charge on any atom is -0.378 e. The van der Waals surface area contributed by atoms with Crippen LogP contribution in [0.1, 0.15) is 78.9 Å². The van der Waals surface area contributed by atoms with Crippen molar-refractivity contribution in [1.82, 2.24) is 24.8 Å². The number of carbonyl (C=O) groups is 1. The Balaban J connectivity index is 1.45. The lowest BCUT2D eigenvalue weighted by molar-refractivity contribution is 0.0135. The van der Waals surface area contributed by atoms with Crippen LogP contribution in [0.4, 0.5) is 0 Å². The van der Waals surface area contributed by atoms with Crippen LogP contribution >= 0.6 is 0 Å². The quantitative estimate of drug-likeness (QED) is 0.631. The summed E-state index contributed by atoms with van der Waals surface area (Å²) in [6.07, 6.45) is 5.42. The predicted octanol–water partition coefficient (Wildman–Crippen LogP) is 3.38. The second-order valence-corrected chi connectivity index (χ2v) is 9.20. The van der Waals surface area contributed by atoms with Crippen LogP contribution in [0.15, 0.2) is 34.9 Å². The molecular weight excluding hydrogens is 406 g/mol. The maximum absolute atomic E-state index is 13.6. The molecule has 2 aliphatic rings. The minimum absolute atomic E-state index is 0.104. The van der Waals surface area contributed by atoms with Crippen molar-refractivity contribution in [2.45, 2.75) is 63.9 Å². The van der Waals surface area contributed by atoms with E-state index < -0.39 is 5.60 Å². The zero-order chi connectivity index (χ0) is 22.3. The fraction of sp³-hybridized carbons (Fsp3) is 0.500. The number of β-amino-alcohol motifs (C(OH)–C–C–N with tert-alkyl or cyclic N) is 1. The van der Waals surface area contributed by atoms with E-state index in [9.17, 15) is 9.90 Å². The maximum atomic E-state index is 13.6. The molecule has 0 saturated carbocycles. The average molecular weight is 436 g/mol. The number of para-hydroxylation sites is 1. The van der Waals surface area contributed by atoms with Crippen LogP contribution in [0.3, 0.4) is 0 Å². The lowest BCUT2D eigenvalue weighted by Crippen LogP contribution is -2.35. The minimum atomic E-state index is -1.32. The Morgan fingerprint density at radius 1 is 1.16 bits per heavy atom. The van der Waals surface area contributed by atoms with E-state index in [1.165, 1.54) is 0 Å². The van der Waals surface area contributed by atoms with Crippen LogP contribution in [-0.4, -0.2) is 48.9 Å². The highest BCUT2D eigenvalue weighted by Gasteiger charge is 2.45. The van der Waals surface area contributed by atoms with Crippen LogP contribution in [0.5, 0.6) is 0 Å².